The lowest BCUT2D eigenvalue weighted by atomic mass is 9.93. The third-order valence-electron chi connectivity index (χ3n) is 9.07. The van der Waals surface area contributed by atoms with Gasteiger partial charge in [0.05, 0.1) is 11.1 Å². The fourth-order valence-electron chi connectivity index (χ4n) is 6.30. The number of anilines is 2. The molecule has 6 rings (SSSR count). The van der Waals surface area contributed by atoms with Crippen LogP contribution in [0.2, 0.25) is 0 Å². The largest absolute Gasteiger partial charge is 0.416 e. The molecule has 0 spiro atoms. The summed E-state index contributed by atoms with van der Waals surface area (Å²) in [5.74, 6) is 0.811. The van der Waals surface area contributed by atoms with E-state index >= 15 is 0 Å². The first-order valence-corrected chi connectivity index (χ1v) is 16.0. The highest BCUT2D eigenvalue weighted by atomic mass is 19.4. The first kappa shape index (κ1) is 32.2. The molecule has 2 heterocycles. The second-order valence-corrected chi connectivity index (χ2v) is 12.3. The van der Waals surface area contributed by atoms with Gasteiger partial charge in [-0.05, 0) is 116 Å². The highest BCUT2D eigenvalue weighted by Gasteiger charge is 2.33. The number of carbonyl (C=O) groups excluding carboxylic acids is 1. The zero-order valence-corrected chi connectivity index (χ0v) is 26.6. The number of hydrogen-bond acceptors (Lipinski definition) is 5. The fraction of sp³-hybridized carbons (Fsp3) is 0.289. The van der Waals surface area contributed by atoms with E-state index in [0.717, 1.165) is 66.3 Å². The summed E-state index contributed by atoms with van der Waals surface area (Å²) in [5, 5.41) is 6.92. The Morgan fingerprint density at radius 1 is 0.936 bits per heavy atom. The summed E-state index contributed by atoms with van der Waals surface area (Å²) >= 11 is 0. The maximum Gasteiger partial charge on any atom is 0.416 e. The molecule has 1 aliphatic heterocycles. The van der Waals surface area contributed by atoms with E-state index in [1.165, 1.54) is 37.5 Å². The standard InChI is InChI=1S/C38H38F3N5O/c1-25-11-12-30(36(47)44-34-10-6-9-33(26(34)2)38(39,40)41)22-32(25)29-13-14-35-31(21-29)23-43-37(45-35)42-18-15-27-16-19-46(20-17-27)24-28-7-4-3-5-8-28/h3-14,21-23,27H,15-20,24H2,1-2H3,(H,44,47)(H,42,43,45). The van der Waals surface area contributed by atoms with Crippen molar-refractivity contribution in [1.82, 2.24) is 14.9 Å². The van der Waals surface area contributed by atoms with Crippen LogP contribution in [-0.4, -0.2) is 40.4 Å². The van der Waals surface area contributed by atoms with Crippen LogP contribution in [0.25, 0.3) is 22.0 Å². The smallest absolute Gasteiger partial charge is 0.354 e. The van der Waals surface area contributed by atoms with Crippen LogP contribution < -0.4 is 10.6 Å². The van der Waals surface area contributed by atoms with Gasteiger partial charge in [-0.2, -0.15) is 13.2 Å². The second kappa shape index (κ2) is 13.9. The number of alkyl halides is 3. The van der Waals surface area contributed by atoms with Crippen LogP contribution in [0.15, 0.2) is 91.1 Å². The van der Waals surface area contributed by atoms with Gasteiger partial charge in [0.2, 0.25) is 5.95 Å². The van der Waals surface area contributed by atoms with Crippen molar-refractivity contribution < 1.29 is 18.0 Å². The van der Waals surface area contributed by atoms with Crippen LogP contribution in [0.1, 0.15) is 51.9 Å². The highest BCUT2D eigenvalue weighted by Crippen LogP contribution is 2.35. The van der Waals surface area contributed by atoms with E-state index in [1.54, 1.807) is 18.3 Å². The Morgan fingerprint density at radius 2 is 1.72 bits per heavy atom. The van der Waals surface area contributed by atoms with Crippen molar-refractivity contribution in [3.05, 3.63) is 119 Å². The van der Waals surface area contributed by atoms with E-state index in [2.05, 4.69) is 50.8 Å². The molecule has 2 N–H and O–H groups in total. The molecule has 0 saturated carbocycles. The molecule has 1 amide bonds. The van der Waals surface area contributed by atoms with Gasteiger partial charge in [0.25, 0.3) is 5.91 Å². The van der Waals surface area contributed by atoms with Gasteiger partial charge < -0.3 is 10.6 Å². The monoisotopic (exact) mass is 637 g/mol. The first-order valence-electron chi connectivity index (χ1n) is 16.0. The van der Waals surface area contributed by atoms with Gasteiger partial charge in [0.15, 0.2) is 0 Å². The van der Waals surface area contributed by atoms with E-state index in [9.17, 15) is 18.0 Å². The highest BCUT2D eigenvalue weighted by molar-refractivity contribution is 6.05. The molecule has 0 aliphatic carbocycles. The maximum absolute atomic E-state index is 13.4. The molecule has 0 unspecified atom stereocenters. The lowest BCUT2D eigenvalue weighted by molar-refractivity contribution is -0.138. The summed E-state index contributed by atoms with van der Waals surface area (Å²) in [6.07, 6.45) is 0.778. The SMILES string of the molecule is Cc1ccc(C(=O)Nc2cccc(C(F)(F)F)c2C)cc1-c1ccc2nc(NCCC3CCN(Cc4ccccc4)CC3)ncc2c1. The number of aryl methyl sites for hydroxylation is 1. The Morgan fingerprint density at radius 3 is 2.49 bits per heavy atom. The van der Waals surface area contributed by atoms with E-state index in [-0.39, 0.29) is 11.3 Å². The minimum Gasteiger partial charge on any atom is -0.354 e. The topological polar surface area (TPSA) is 70.2 Å². The van der Waals surface area contributed by atoms with Crippen molar-refractivity contribution in [1.29, 1.82) is 0 Å². The number of rotatable bonds is 9. The van der Waals surface area contributed by atoms with E-state index < -0.39 is 17.6 Å². The fourth-order valence-corrected chi connectivity index (χ4v) is 6.30. The molecule has 242 valence electrons. The Labute approximate surface area is 273 Å². The normalized spacial score (nSPS) is 14.3. The van der Waals surface area contributed by atoms with Crippen LogP contribution in [0.5, 0.6) is 0 Å². The number of piperidine rings is 1. The molecular weight excluding hydrogens is 599 g/mol. The lowest BCUT2D eigenvalue weighted by Gasteiger charge is -2.32. The van der Waals surface area contributed by atoms with Crippen molar-refractivity contribution >= 4 is 28.4 Å². The number of fused-ring (bicyclic) bond motifs is 1. The molecule has 1 aromatic heterocycles. The second-order valence-electron chi connectivity index (χ2n) is 12.3. The number of benzene rings is 4. The van der Waals surface area contributed by atoms with Crippen molar-refractivity contribution in [3.8, 4) is 11.1 Å². The number of carbonyl (C=O) groups is 1. The summed E-state index contributed by atoms with van der Waals surface area (Å²) in [6, 6.07) is 25.6. The van der Waals surface area contributed by atoms with Gasteiger partial charge in [0.1, 0.15) is 0 Å². The Hall–Kier alpha value is -4.76. The summed E-state index contributed by atoms with van der Waals surface area (Å²) in [6.45, 7) is 7.39. The molecule has 1 saturated heterocycles. The van der Waals surface area contributed by atoms with Crippen LogP contribution in [0.3, 0.4) is 0 Å². The van der Waals surface area contributed by atoms with E-state index in [1.807, 2.05) is 31.2 Å². The summed E-state index contributed by atoms with van der Waals surface area (Å²) < 4.78 is 40.1. The van der Waals surface area contributed by atoms with Crippen molar-refractivity contribution in [2.24, 2.45) is 5.92 Å². The number of aromatic nitrogens is 2. The molecule has 0 radical (unpaired) electrons. The molecule has 9 heteroatoms. The Bertz CT molecular complexity index is 1870. The number of amides is 1. The quantitative estimate of drug-likeness (QED) is 0.169. The Balaban J connectivity index is 1.07. The molecular formula is C38H38F3N5O. The minimum absolute atomic E-state index is 0.0241. The number of nitrogens with one attached hydrogen (secondary N) is 2. The lowest BCUT2D eigenvalue weighted by Crippen LogP contribution is -2.33. The van der Waals surface area contributed by atoms with Gasteiger partial charge in [-0.1, -0.05) is 48.5 Å². The van der Waals surface area contributed by atoms with Gasteiger partial charge >= 0.3 is 6.18 Å². The van der Waals surface area contributed by atoms with E-state index in [4.69, 9.17) is 4.98 Å². The number of hydrogen-bond donors (Lipinski definition) is 2. The Kier molecular flexibility index (Phi) is 9.54. The van der Waals surface area contributed by atoms with E-state index in [0.29, 0.717) is 17.4 Å². The molecule has 4 aromatic carbocycles. The average Bonchev–Trinajstić information content (AvgIpc) is 3.06. The van der Waals surface area contributed by atoms with Crippen molar-refractivity contribution in [3.63, 3.8) is 0 Å². The van der Waals surface area contributed by atoms with Crippen LogP contribution >= 0.6 is 0 Å². The minimum atomic E-state index is -4.50. The molecule has 6 nitrogen and oxygen atoms in total. The zero-order chi connectivity index (χ0) is 33.0. The van der Waals surface area contributed by atoms with Crippen LogP contribution in [0, 0.1) is 19.8 Å². The predicted molar refractivity (Wildman–Crippen MR) is 181 cm³/mol. The van der Waals surface area contributed by atoms with Crippen molar-refractivity contribution in [2.75, 3.05) is 30.3 Å². The summed E-state index contributed by atoms with van der Waals surface area (Å²) in [7, 11) is 0. The van der Waals surface area contributed by atoms with Crippen LogP contribution in [0.4, 0.5) is 24.8 Å². The van der Waals surface area contributed by atoms with Gasteiger partial charge in [-0.25, -0.2) is 9.97 Å². The third kappa shape index (κ3) is 7.80. The number of likely N-dealkylation sites (tertiary alicyclic amines) is 1. The van der Waals surface area contributed by atoms with Crippen LogP contribution in [-0.2, 0) is 12.7 Å². The van der Waals surface area contributed by atoms with Gasteiger partial charge in [-0.15, -0.1) is 0 Å². The maximum atomic E-state index is 13.4. The molecule has 5 aromatic rings. The summed E-state index contributed by atoms with van der Waals surface area (Å²) in [4.78, 5) is 24.9. The number of halogens is 3. The van der Waals surface area contributed by atoms with Gasteiger partial charge in [0, 0.05) is 35.9 Å². The molecule has 47 heavy (non-hydrogen) atoms. The molecule has 1 aliphatic rings. The van der Waals surface area contributed by atoms with Crippen molar-refractivity contribution in [2.45, 2.75) is 45.8 Å². The molecule has 0 atom stereocenters. The third-order valence-corrected chi connectivity index (χ3v) is 9.07. The number of nitrogens with zero attached hydrogens (tertiary/aromatic N) is 3. The predicted octanol–water partition coefficient (Wildman–Crippen LogP) is 8.90. The molecule has 0 bridgehead atoms. The zero-order valence-electron chi connectivity index (χ0n) is 26.6. The molecule has 1 fully saturated rings. The first-order chi connectivity index (χ1) is 22.6. The van der Waals surface area contributed by atoms with Gasteiger partial charge in [-0.3, -0.25) is 9.69 Å². The average molecular weight is 638 g/mol. The summed E-state index contributed by atoms with van der Waals surface area (Å²) in [5.41, 5.74) is 4.56.